The van der Waals surface area contributed by atoms with Crippen molar-refractivity contribution < 1.29 is 12.8 Å². The van der Waals surface area contributed by atoms with Crippen LogP contribution in [0.15, 0.2) is 58.4 Å². The number of amidine groups is 1. The Hall–Kier alpha value is -2.21. The molecule has 6 heteroatoms. The van der Waals surface area contributed by atoms with Crippen LogP contribution in [0.1, 0.15) is 11.1 Å². The second-order valence-corrected chi connectivity index (χ2v) is 6.05. The summed E-state index contributed by atoms with van der Waals surface area (Å²) in [6, 6.07) is 12.7. The number of fused-ring (bicyclic) bond motifs is 1. The van der Waals surface area contributed by atoms with Crippen LogP contribution < -0.4 is 4.72 Å². The molecule has 1 heterocycles. The van der Waals surface area contributed by atoms with Crippen molar-refractivity contribution in [1.29, 1.82) is 0 Å². The fourth-order valence-electron chi connectivity index (χ4n) is 2.06. The van der Waals surface area contributed by atoms with Gasteiger partial charge in [0.1, 0.15) is 11.7 Å². The minimum Gasteiger partial charge on any atom is -0.263 e. The van der Waals surface area contributed by atoms with Crippen molar-refractivity contribution in [1.82, 2.24) is 4.72 Å². The molecule has 0 amide bonds. The molecule has 3 rings (SSSR count). The third-order valence-electron chi connectivity index (χ3n) is 2.97. The molecular formula is C14H11FN2O2S. The Labute approximate surface area is 116 Å². The summed E-state index contributed by atoms with van der Waals surface area (Å²) in [5.41, 5.74) is 1.23. The number of nitrogens with one attached hydrogen (secondary N) is 1. The van der Waals surface area contributed by atoms with Gasteiger partial charge in [0.2, 0.25) is 0 Å². The Bertz CT molecular complexity index is 800. The van der Waals surface area contributed by atoms with Gasteiger partial charge in [-0.15, -0.1) is 0 Å². The van der Waals surface area contributed by atoms with E-state index >= 15 is 0 Å². The lowest BCUT2D eigenvalue weighted by Crippen LogP contribution is -2.22. The monoisotopic (exact) mass is 290 g/mol. The summed E-state index contributed by atoms with van der Waals surface area (Å²) in [6.45, 7) is 0.212. The van der Waals surface area contributed by atoms with Crippen LogP contribution in [0.5, 0.6) is 0 Å². The predicted molar refractivity (Wildman–Crippen MR) is 73.4 cm³/mol. The van der Waals surface area contributed by atoms with E-state index in [1.165, 1.54) is 18.2 Å². The van der Waals surface area contributed by atoms with E-state index in [2.05, 4.69) is 9.71 Å². The maximum Gasteiger partial charge on any atom is 0.263 e. The molecule has 20 heavy (non-hydrogen) atoms. The van der Waals surface area contributed by atoms with E-state index in [1.807, 2.05) is 0 Å². The summed E-state index contributed by atoms with van der Waals surface area (Å²) in [6.07, 6.45) is 0. The molecule has 1 aliphatic heterocycles. The molecule has 0 saturated carbocycles. The molecule has 102 valence electrons. The number of benzene rings is 2. The first-order chi connectivity index (χ1) is 9.56. The van der Waals surface area contributed by atoms with E-state index in [-0.39, 0.29) is 17.3 Å². The van der Waals surface area contributed by atoms with Crippen molar-refractivity contribution in [2.75, 3.05) is 0 Å². The van der Waals surface area contributed by atoms with Crippen LogP contribution in [0.25, 0.3) is 0 Å². The minimum absolute atomic E-state index is 0.212. The zero-order valence-electron chi connectivity index (χ0n) is 10.4. The van der Waals surface area contributed by atoms with Gasteiger partial charge in [-0.2, -0.15) is 0 Å². The summed E-state index contributed by atoms with van der Waals surface area (Å²) in [5.74, 6) is -0.0417. The third-order valence-corrected chi connectivity index (χ3v) is 4.37. The van der Waals surface area contributed by atoms with E-state index in [1.54, 1.807) is 30.3 Å². The smallest absolute Gasteiger partial charge is 0.263 e. The first-order valence-electron chi connectivity index (χ1n) is 5.97. The van der Waals surface area contributed by atoms with Gasteiger partial charge in [-0.05, 0) is 29.8 Å². The van der Waals surface area contributed by atoms with Gasteiger partial charge in [0.15, 0.2) is 0 Å². The number of halogens is 1. The number of hydrogen-bond donors (Lipinski definition) is 1. The molecule has 0 unspecified atom stereocenters. The van der Waals surface area contributed by atoms with Gasteiger partial charge in [-0.3, -0.25) is 9.71 Å². The van der Waals surface area contributed by atoms with Crippen LogP contribution >= 0.6 is 0 Å². The normalized spacial score (nSPS) is 17.8. The molecule has 2 aromatic carbocycles. The number of sulfonamides is 1. The maximum absolute atomic E-state index is 13.1. The van der Waals surface area contributed by atoms with Crippen molar-refractivity contribution in [3.63, 3.8) is 0 Å². The summed E-state index contributed by atoms with van der Waals surface area (Å²) < 4.78 is 39.2. The maximum atomic E-state index is 13.1. The Morgan fingerprint density at radius 2 is 1.90 bits per heavy atom. The van der Waals surface area contributed by atoms with E-state index in [9.17, 15) is 12.8 Å². The molecule has 2 aromatic rings. The topological polar surface area (TPSA) is 58.5 Å². The molecule has 0 spiro atoms. The average Bonchev–Trinajstić information content (AvgIpc) is 2.69. The zero-order chi connectivity index (χ0) is 14.2. The van der Waals surface area contributed by atoms with Gasteiger partial charge in [-0.1, -0.05) is 24.3 Å². The average molecular weight is 290 g/mol. The summed E-state index contributed by atoms with van der Waals surface area (Å²) in [7, 11) is -3.52. The number of nitrogens with zero attached hydrogens (tertiary/aromatic N) is 1. The summed E-state index contributed by atoms with van der Waals surface area (Å²) in [4.78, 5) is 4.45. The molecule has 0 fully saturated rings. The van der Waals surface area contributed by atoms with Gasteiger partial charge in [0.25, 0.3) is 10.0 Å². The number of aliphatic imine (C=N–C) groups is 1. The van der Waals surface area contributed by atoms with Crippen molar-refractivity contribution in [3.8, 4) is 0 Å². The number of rotatable bonds is 2. The first-order valence-corrected chi connectivity index (χ1v) is 7.46. The highest BCUT2D eigenvalue weighted by Gasteiger charge is 2.29. The van der Waals surface area contributed by atoms with Crippen molar-refractivity contribution in [2.24, 2.45) is 4.99 Å². The van der Waals surface area contributed by atoms with Crippen LogP contribution in [-0.4, -0.2) is 14.3 Å². The molecule has 0 radical (unpaired) electrons. The minimum atomic E-state index is -3.52. The van der Waals surface area contributed by atoms with E-state index < -0.39 is 10.0 Å². The molecular weight excluding hydrogens is 279 g/mol. The Morgan fingerprint density at radius 3 is 2.70 bits per heavy atom. The second kappa shape index (κ2) is 4.72. The van der Waals surface area contributed by atoms with E-state index in [0.29, 0.717) is 17.0 Å². The van der Waals surface area contributed by atoms with Crippen molar-refractivity contribution >= 4 is 15.9 Å². The quantitative estimate of drug-likeness (QED) is 0.920. The standard InChI is InChI=1S/C14H11FN2O2S/c15-11-5-3-4-10(8-11)9-16-14-12-6-1-2-7-13(12)20(18,19)17-14/h1-8H,9H2,(H,16,17). The van der Waals surface area contributed by atoms with Gasteiger partial charge in [0.05, 0.1) is 11.4 Å². The van der Waals surface area contributed by atoms with Crippen LogP contribution in [0, 0.1) is 5.82 Å². The van der Waals surface area contributed by atoms with Crippen molar-refractivity contribution in [3.05, 3.63) is 65.5 Å². The highest BCUT2D eigenvalue weighted by Crippen LogP contribution is 2.22. The second-order valence-electron chi connectivity index (χ2n) is 4.40. The highest BCUT2D eigenvalue weighted by molar-refractivity contribution is 7.90. The molecule has 4 nitrogen and oxygen atoms in total. The first kappa shape index (κ1) is 12.8. The van der Waals surface area contributed by atoms with Crippen LogP contribution in [0.4, 0.5) is 4.39 Å². The SMILES string of the molecule is O=S1(=O)NC(=NCc2cccc(F)c2)c2ccccc21. The molecule has 0 aliphatic carbocycles. The lowest BCUT2D eigenvalue weighted by molar-refractivity contribution is 0.595. The third kappa shape index (κ3) is 2.30. The van der Waals surface area contributed by atoms with Crippen LogP contribution in [-0.2, 0) is 16.6 Å². The van der Waals surface area contributed by atoms with Crippen LogP contribution in [0.2, 0.25) is 0 Å². The fraction of sp³-hybridized carbons (Fsp3) is 0.0714. The van der Waals surface area contributed by atoms with E-state index in [4.69, 9.17) is 0 Å². The lowest BCUT2D eigenvalue weighted by Gasteiger charge is -2.00. The van der Waals surface area contributed by atoms with Gasteiger partial charge < -0.3 is 0 Å². The summed E-state index contributed by atoms with van der Waals surface area (Å²) >= 11 is 0. The molecule has 0 saturated heterocycles. The largest absolute Gasteiger partial charge is 0.263 e. The Balaban J connectivity index is 1.95. The van der Waals surface area contributed by atoms with Gasteiger partial charge in [0, 0.05) is 5.56 Å². The summed E-state index contributed by atoms with van der Waals surface area (Å²) in [5, 5.41) is 0. The lowest BCUT2D eigenvalue weighted by atomic mass is 10.2. The van der Waals surface area contributed by atoms with Crippen LogP contribution in [0.3, 0.4) is 0 Å². The molecule has 1 aliphatic rings. The molecule has 0 bridgehead atoms. The van der Waals surface area contributed by atoms with Gasteiger partial charge in [-0.25, -0.2) is 12.8 Å². The predicted octanol–water partition coefficient (Wildman–Crippen LogP) is 2.06. The Kier molecular flexibility index (Phi) is 3.02. The Morgan fingerprint density at radius 1 is 1.10 bits per heavy atom. The highest BCUT2D eigenvalue weighted by atomic mass is 32.2. The molecule has 0 atom stereocenters. The van der Waals surface area contributed by atoms with E-state index in [0.717, 1.165) is 0 Å². The fourth-order valence-corrected chi connectivity index (χ4v) is 3.31. The zero-order valence-corrected chi connectivity index (χ0v) is 11.2. The molecule has 0 aromatic heterocycles. The molecule has 1 N–H and O–H groups in total. The number of hydrogen-bond acceptors (Lipinski definition) is 3. The van der Waals surface area contributed by atoms with Crippen molar-refractivity contribution in [2.45, 2.75) is 11.4 Å². The van der Waals surface area contributed by atoms with Gasteiger partial charge >= 0.3 is 0 Å².